The number of benzene rings is 1. The van der Waals surface area contributed by atoms with Crippen molar-refractivity contribution >= 4 is 29.4 Å². The molecule has 2 N–H and O–H groups in total. The lowest BCUT2D eigenvalue weighted by molar-refractivity contribution is -0.120. The van der Waals surface area contributed by atoms with E-state index < -0.39 is 5.91 Å². The highest BCUT2D eigenvalue weighted by atomic mass is 32.1. The minimum Gasteiger partial charge on any atom is -0.493 e. The summed E-state index contributed by atoms with van der Waals surface area (Å²) in [5.41, 5.74) is 3.08. The van der Waals surface area contributed by atoms with Crippen LogP contribution >= 0.6 is 11.3 Å². The zero-order chi connectivity index (χ0) is 17.4. The summed E-state index contributed by atoms with van der Waals surface area (Å²) in [7, 11) is 3.09. The molecule has 126 valence electrons. The van der Waals surface area contributed by atoms with Crippen molar-refractivity contribution in [1.29, 1.82) is 0 Å². The van der Waals surface area contributed by atoms with Gasteiger partial charge in [-0.3, -0.25) is 9.59 Å². The molecule has 0 atom stereocenters. The standard InChI is InChI=1S/C16H17N3O4S/c1-22-12-6-5-11(8-13(12)23-2)9-18-19-15(20)10-17-16(21)14-4-3-7-24-14/h3-9H,10H2,1-2H3,(H,17,21)(H,19,20)/b18-9-. The molecule has 2 rings (SSSR count). The molecule has 1 heterocycles. The second kappa shape index (κ2) is 8.68. The van der Waals surface area contributed by atoms with Crippen molar-refractivity contribution in [2.75, 3.05) is 20.8 Å². The van der Waals surface area contributed by atoms with E-state index in [1.54, 1.807) is 42.8 Å². The van der Waals surface area contributed by atoms with Gasteiger partial charge in [-0.2, -0.15) is 5.10 Å². The molecule has 0 aliphatic rings. The molecule has 1 aromatic carbocycles. The zero-order valence-corrected chi connectivity index (χ0v) is 14.1. The molecule has 0 saturated carbocycles. The van der Waals surface area contributed by atoms with Crippen LogP contribution in [0.3, 0.4) is 0 Å². The number of amides is 2. The third kappa shape index (κ3) is 4.82. The third-order valence-corrected chi connectivity index (χ3v) is 3.83. The van der Waals surface area contributed by atoms with Crippen LogP contribution in [-0.2, 0) is 4.79 Å². The normalized spacial score (nSPS) is 10.4. The van der Waals surface area contributed by atoms with E-state index >= 15 is 0 Å². The van der Waals surface area contributed by atoms with Crippen LogP contribution in [0.4, 0.5) is 0 Å². The van der Waals surface area contributed by atoms with Gasteiger partial charge in [-0.05, 0) is 35.2 Å². The summed E-state index contributed by atoms with van der Waals surface area (Å²) in [6.45, 7) is -0.153. The average molecular weight is 347 g/mol. The van der Waals surface area contributed by atoms with Gasteiger partial charge in [0.25, 0.3) is 11.8 Å². The van der Waals surface area contributed by atoms with Crippen molar-refractivity contribution in [2.45, 2.75) is 0 Å². The van der Waals surface area contributed by atoms with Crippen LogP contribution in [-0.4, -0.2) is 38.8 Å². The summed E-state index contributed by atoms with van der Waals surface area (Å²) >= 11 is 1.31. The number of nitrogens with zero attached hydrogens (tertiary/aromatic N) is 1. The number of rotatable bonds is 7. The number of ether oxygens (including phenoxy) is 2. The maximum atomic E-state index is 11.7. The number of methoxy groups -OCH3 is 2. The second-order valence-electron chi connectivity index (χ2n) is 4.57. The minimum absolute atomic E-state index is 0.153. The topological polar surface area (TPSA) is 89.0 Å². The molecular formula is C16H17N3O4S. The van der Waals surface area contributed by atoms with Gasteiger partial charge < -0.3 is 14.8 Å². The van der Waals surface area contributed by atoms with Crippen LogP contribution in [0.25, 0.3) is 0 Å². The molecule has 7 nitrogen and oxygen atoms in total. The fourth-order valence-electron chi connectivity index (χ4n) is 1.81. The van der Waals surface area contributed by atoms with Crippen molar-refractivity contribution in [2.24, 2.45) is 5.10 Å². The Hall–Kier alpha value is -2.87. The summed E-state index contributed by atoms with van der Waals surface area (Å²) in [6, 6.07) is 8.70. The third-order valence-electron chi connectivity index (χ3n) is 2.96. The van der Waals surface area contributed by atoms with Crippen LogP contribution in [0.1, 0.15) is 15.2 Å². The maximum absolute atomic E-state index is 11.7. The number of hydrogen-bond acceptors (Lipinski definition) is 6. The smallest absolute Gasteiger partial charge is 0.261 e. The first-order chi connectivity index (χ1) is 11.6. The highest BCUT2D eigenvalue weighted by Crippen LogP contribution is 2.26. The van der Waals surface area contributed by atoms with Gasteiger partial charge in [-0.1, -0.05) is 6.07 Å². The van der Waals surface area contributed by atoms with Gasteiger partial charge in [0.1, 0.15) is 0 Å². The molecule has 0 aliphatic heterocycles. The van der Waals surface area contributed by atoms with Gasteiger partial charge in [0.15, 0.2) is 11.5 Å². The molecule has 0 aliphatic carbocycles. The van der Waals surface area contributed by atoms with Crippen molar-refractivity contribution < 1.29 is 19.1 Å². The first-order valence-corrected chi connectivity index (χ1v) is 7.87. The monoisotopic (exact) mass is 347 g/mol. The van der Waals surface area contributed by atoms with Gasteiger partial charge in [0.2, 0.25) is 0 Å². The van der Waals surface area contributed by atoms with E-state index in [1.165, 1.54) is 24.7 Å². The first kappa shape index (κ1) is 17.5. The summed E-state index contributed by atoms with van der Waals surface area (Å²) < 4.78 is 10.3. The number of thiophene rings is 1. The van der Waals surface area contributed by atoms with E-state index in [1.807, 2.05) is 0 Å². The molecule has 0 bridgehead atoms. The Morgan fingerprint density at radius 2 is 2.00 bits per heavy atom. The van der Waals surface area contributed by atoms with E-state index in [-0.39, 0.29) is 12.5 Å². The van der Waals surface area contributed by atoms with E-state index in [0.29, 0.717) is 16.4 Å². The molecule has 0 fully saturated rings. The Morgan fingerprint density at radius 3 is 2.67 bits per heavy atom. The van der Waals surface area contributed by atoms with Crippen molar-refractivity contribution in [3.05, 3.63) is 46.2 Å². The Morgan fingerprint density at radius 1 is 1.21 bits per heavy atom. The van der Waals surface area contributed by atoms with Crippen molar-refractivity contribution in [3.63, 3.8) is 0 Å². The second-order valence-corrected chi connectivity index (χ2v) is 5.52. The summed E-state index contributed by atoms with van der Waals surface area (Å²) in [5.74, 6) is 0.464. The SMILES string of the molecule is COc1ccc(/C=N\NC(=O)CNC(=O)c2cccs2)cc1OC. The van der Waals surface area contributed by atoms with E-state index in [9.17, 15) is 9.59 Å². The van der Waals surface area contributed by atoms with Crippen LogP contribution in [0.2, 0.25) is 0 Å². The van der Waals surface area contributed by atoms with Crippen LogP contribution in [0.5, 0.6) is 11.5 Å². The fraction of sp³-hybridized carbons (Fsp3) is 0.188. The first-order valence-electron chi connectivity index (χ1n) is 6.99. The van der Waals surface area contributed by atoms with Crippen molar-refractivity contribution in [3.8, 4) is 11.5 Å². The lowest BCUT2D eigenvalue weighted by atomic mass is 10.2. The van der Waals surface area contributed by atoms with Crippen LogP contribution < -0.4 is 20.2 Å². The number of hydrazone groups is 1. The highest BCUT2D eigenvalue weighted by Gasteiger charge is 2.08. The predicted octanol–water partition coefficient (Wildman–Crippen LogP) is 1.65. The van der Waals surface area contributed by atoms with Gasteiger partial charge >= 0.3 is 0 Å². The molecule has 0 unspecified atom stereocenters. The van der Waals surface area contributed by atoms with Gasteiger partial charge in [-0.15, -0.1) is 11.3 Å². The zero-order valence-electron chi connectivity index (χ0n) is 13.2. The fourth-order valence-corrected chi connectivity index (χ4v) is 2.45. The lowest BCUT2D eigenvalue weighted by Crippen LogP contribution is -2.34. The molecule has 0 radical (unpaired) electrons. The number of carbonyl (C=O) groups excluding carboxylic acids is 2. The Balaban J connectivity index is 1.83. The minimum atomic E-state index is -0.420. The largest absolute Gasteiger partial charge is 0.493 e. The average Bonchev–Trinajstić information content (AvgIpc) is 3.14. The maximum Gasteiger partial charge on any atom is 0.261 e. The van der Waals surface area contributed by atoms with Gasteiger partial charge in [0, 0.05) is 0 Å². The Kier molecular flexibility index (Phi) is 6.32. The number of carbonyl (C=O) groups is 2. The number of nitrogens with one attached hydrogen (secondary N) is 2. The highest BCUT2D eigenvalue weighted by molar-refractivity contribution is 7.12. The van der Waals surface area contributed by atoms with Crippen molar-refractivity contribution in [1.82, 2.24) is 10.7 Å². The van der Waals surface area contributed by atoms with E-state index in [0.717, 1.165) is 5.56 Å². The van der Waals surface area contributed by atoms with Gasteiger partial charge in [-0.25, -0.2) is 5.43 Å². The van der Waals surface area contributed by atoms with Gasteiger partial charge in [0.05, 0.1) is 31.9 Å². The predicted molar refractivity (Wildman–Crippen MR) is 91.9 cm³/mol. The molecule has 1 aromatic heterocycles. The molecular weight excluding hydrogens is 330 g/mol. The lowest BCUT2D eigenvalue weighted by Gasteiger charge is -2.07. The summed E-state index contributed by atoms with van der Waals surface area (Å²) in [4.78, 5) is 23.9. The molecule has 2 aromatic rings. The Bertz CT molecular complexity index is 729. The molecule has 0 saturated heterocycles. The van der Waals surface area contributed by atoms with Crippen LogP contribution in [0.15, 0.2) is 40.8 Å². The molecule has 8 heteroatoms. The molecule has 24 heavy (non-hydrogen) atoms. The molecule has 0 spiro atoms. The van der Waals surface area contributed by atoms with Crippen LogP contribution in [0, 0.1) is 0 Å². The van der Waals surface area contributed by atoms with E-state index in [2.05, 4.69) is 15.8 Å². The molecule has 2 amide bonds. The summed E-state index contributed by atoms with van der Waals surface area (Å²) in [5, 5.41) is 8.15. The van der Waals surface area contributed by atoms with E-state index in [4.69, 9.17) is 9.47 Å². The quantitative estimate of drug-likeness (QED) is 0.589. The Labute approximate surface area is 143 Å². The number of hydrogen-bond donors (Lipinski definition) is 2. The summed E-state index contributed by atoms with van der Waals surface area (Å²) in [6.07, 6.45) is 1.47.